The van der Waals surface area contributed by atoms with Gasteiger partial charge in [0.1, 0.15) is 0 Å². The minimum Gasteiger partial charge on any atom is -0.300 e. The molecule has 2 aromatic rings. The molecule has 0 aliphatic carbocycles. The standard InChI is InChI=1S/C12H14N2O/c1-9-4-3-5-11(6-9)8-14-12(15)7-10(2)13-14/h3-7,13H,8H2,1-2H3. The van der Waals surface area contributed by atoms with Crippen LogP contribution in [-0.4, -0.2) is 9.78 Å². The average molecular weight is 202 g/mol. The number of benzene rings is 1. The molecule has 0 amide bonds. The van der Waals surface area contributed by atoms with Crippen molar-refractivity contribution in [2.75, 3.05) is 0 Å². The summed E-state index contributed by atoms with van der Waals surface area (Å²) in [5.41, 5.74) is 3.27. The van der Waals surface area contributed by atoms with E-state index in [-0.39, 0.29) is 5.56 Å². The highest BCUT2D eigenvalue weighted by molar-refractivity contribution is 5.22. The molecule has 1 aromatic carbocycles. The van der Waals surface area contributed by atoms with Gasteiger partial charge in [-0.1, -0.05) is 29.8 Å². The van der Waals surface area contributed by atoms with Crippen molar-refractivity contribution in [2.45, 2.75) is 20.4 Å². The van der Waals surface area contributed by atoms with Gasteiger partial charge >= 0.3 is 0 Å². The quantitative estimate of drug-likeness (QED) is 0.792. The van der Waals surface area contributed by atoms with Gasteiger partial charge in [-0.2, -0.15) is 0 Å². The van der Waals surface area contributed by atoms with E-state index in [0.717, 1.165) is 11.3 Å². The molecule has 0 atom stereocenters. The van der Waals surface area contributed by atoms with Gasteiger partial charge in [0.25, 0.3) is 5.56 Å². The van der Waals surface area contributed by atoms with E-state index in [1.165, 1.54) is 5.56 Å². The SMILES string of the molecule is Cc1cccc(Cn2[nH]c(C)cc2=O)c1. The Morgan fingerprint density at radius 3 is 2.67 bits per heavy atom. The van der Waals surface area contributed by atoms with Crippen molar-refractivity contribution in [3.05, 3.63) is 57.5 Å². The number of nitrogens with zero attached hydrogens (tertiary/aromatic N) is 1. The molecule has 1 N–H and O–H groups in total. The maximum Gasteiger partial charge on any atom is 0.267 e. The lowest BCUT2D eigenvalue weighted by Crippen LogP contribution is -2.16. The zero-order valence-electron chi connectivity index (χ0n) is 8.95. The number of H-pyrrole nitrogens is 1. The van der Waals surface area contributed by atoms with Crippen LogP contribution in [0.2, 0.25) is 0 Å². The second-order valence-corrected chi connectivity index (χ2v) is 3.85. The number of aromatic amines is 1. The van der Waals surface area contributed by atoms with E-state index in [1.807, 2.05) is 32.0 Å². The third-order valence-corrected chi connectivity index (χ3v) is 2.34. The smallest absolute Gasteiger partial charge is 0.267 e. The molecular formula is C12H14N2O. The van der Waals surface area contributed by atoms with Crippen LogP contribution in [0.5, 0.6) is 0 Å². The van der Waals surface area contributed by atoms with Crippen molar-refractivity contribution in [3.63, 3.8) is 0 Å². The van der Waals surface area contributed by atoms with Crippen LogP contribution in [0.15, 0.2) is 35.1 Å². The molecule has 0 aliphatic heterocycles. The summed E-state index contributed by atoms with van der Waals surface area (Å²) in [6.07, 6.45) is 0. The molecule has 1 heterocycles. The molecule has 0 radical (unpaired) electrons. The van der Waals surface area contributed by atoms with Crippen LogP contribution in [-0.2, 0) is 6.54 Å². The summed E-state index contributed by atoms with van der Waals surface area (Å²) in [5.74, 6) is 0. The van der Waals surface area contributed by atoms with Crippen LogP contribution in [0, 0.1) is 13.8 Å². The molecule has 78 valence electrons. The van der Waals surface area contributed by atoms with Gasteiger partial charge in [0.2, 0.25) is 0 Å². The van der Waals surface area contributed by atoms with Crippen LogP contribution >= 0.6 is 0 Å². The minimum atomic E-state index is 0.0222. The Morgan fingerprint density at radius 2 is 2.07 bits per heavy atom. The third-order valence-electron chi connectivity index (χ3n) is 2.34. The summed E-state index contributed by atoms with van der Waals surface area (Å²) in [6.45, 7) is 4.54. The van der Waals surface area contributed by atoms with E-state index in [2.05, 4.69) is 11.2 Å². The molecule has 3 heteroatoms. The fraction of sp³-hybridized carbons (Fsp3) is 0.250. The molecule has 0 bridgehead atoms. The summed E-state index contributed by atoms with van der Waals surface area (Å²) >= 11 is 0. The maximum absolute atomic E-state index is 11.5. The third kappa shape index (κ3) is 2.18. The van der Waals surface area contributed by atoms with Gasteiger partial charge in [-0.15, -0.1) is 0 Å². The van der Waals surface area contributed by atoms with Crippen molar-refractivity contribution in [2.24, 2.45) is 0 Å². The molecule has 0 saturated carbocycles. The lowest BCUT2D eigenvalue weighted by atomic mass is 10.1. The average Bonchev–Trinajstić information content (AvgIpc) is 2.45. The maximum atomic E-state index is 11.5. The van der Waals surface area contributed by atoms with Crippen LogP contribution in [0.3, 0.4) is 0 Å². The highest BCUT2D eigenvalue weighted by atomic mass is 16.1. The first-order valence-corrected chi connectivity index (χ1v) is 4.97. The number of aromatic nitrogens is 2. The summed E-state index contributed by atoms with van der Waals surface area (Å²) in [7, 11) is 0. The van der Waals surface area contributed by atoms with Gasteiger partial charge in [-0.3, -0.25) is 9.89 Å². The fourth-order valence-corrected chi connectivity index (χ4v) is 1.67. The van der Waals surface area contributed by atoms with Gasteiger partial charge in [0.15, 0.2) is 0 Å². The topological polar surface area (TPSA) is 37.8 Å². The fourth-order valence-electron chi connectivity index (χ4n) is 1.67. The van der Waals surface area contributed by atoms with Crippen LogP contribution in [0.1, 0.15) is 16.8 Å². The molecule has 15 heavy (non-hydrogen) atoms. The van der Waals surface area contributed by atoms with Crippen molar-refractivity contribution >= 4 is 0 Å². The van der Waals surface area contributed by atoms with Crippen molar-refractivity contribution in [1.29, 1.82) is 0 Å². The lowest BCUT2D eigenvalue weighted by molar-refractivity contribution is 0.657. The molecule has 0 saturated heterocycles. The Bertz CT molecular complexity index is 522. The van der Waals surface area contributed by atoms with E-state index in [1.54, 1.807) is 10.7 Å². The zero-order chi connectivity index (χ0) is 10.8. The Hall–Kier alpha value is -1.77. The Morgan fingerprint density at radius 1 is 1.27 bits per heavy atom. The van der Waals surface area contributed by atoms with Gasteiger partial charge in [-0.25, -0.2) is 4.68 Å². The molecule has 0 fully saturated rings. The molecular weight excluding hydrogens is 188 g/mol. The highest BCUT2D eigenvalue weighted by Gasteiger charge is 2.00. The second-order valence-electron chi connectivity index (χ2n) is 3.85. The van der Waals surface area contributed by atoms with Gasteiger partial charge in [-0.05, 0) is 19.4 Å². The highest BCUT2D eigenvalue weighted by Crippen LogP contribution is 2.04. The number of hydrogen-bond acceptors (Lipinski definition) is 1. The molecule has 0 unspecified atom stereocenters. The molecule has 2 rings (SSSR count). The molecule has 0 spiro atoms. The van der Waals surface area contributed by atoms with Crippen molar-refractivity contribution < 1.29 is 0 Å². The largest absolute Gasteiger partial charge is 0.300 e. The summed E-state index contributed by atoms with van der Waals surface area (Å²) in [4.78, 5) is 11.5. The predicted octanol–water partition coefficient (Wildman–Crippen LogP) is 1.84. The number of rotatable bonds is 2. The number of nitrogens with one attached hydrogen (secondary N) is 1. The van der Waals surface area contributed by atoms with Gasteiger partial charge in [0, 0.05) is 11.8 Å². The minimum absolute atomic E-state index is 0.0222. The number of hydrogen-bond donors (Lipinski definition) is 1. The van der Waals surface area contributed by atoms with E-state index >= 15 is 0 Å². The first-order chi connectivity index (χ1) is 7.15. The summed E-state index contributed by atoms with van der Waals surface area (Å²) in [5, 5.41) is 3.02. The van der Waals surface area contributed by atoms with Crippen LogP contribution in [0.25, 0.3) is 0 Å². The first kappa shape index (κ1) is 9.77. The molecule has 3 nitrogen and oxygen atoms in total. The number of aryl methyl sites for hydroxylation is 2. The van der Waals surface area contributed by atoms with E-state index < -0.39 is 0 Å². The van der Waals surface area contributed by atoms with Crippen LogP contribution in [0.4, 0.5) is 0 Å². The summed E-state index contributed by atoms with van der Waals surface area (Å²) in [6, 6.07) is 9.77. The first-order valence-electron chi connectivity index (χ1n) is 4.97. The van der Waals surface area contributed by atoms with Crippen molar-refractivity contribution in [3.8, 4) is 0 Å². The Kier molecular flexibility index (Phi) is 2.46. The lowest BCUT2D eigenvalue weighted by Gasteiger charge is -2.03. The van der Waals surface area contributed by atoms with E-state index in [4.69, 9.17) is 0 Å². The van der Waals surface area contributed by atoms with E-state index in [0.29, 0.717) is 6.54 Å². The van der Waals surface area contributed by atoms with Gasteiger partial charge in [0.05, 0.1) is 6.54 Å². The molecule has 1 aromatic heterocycles. The van der Waals surface area contributed by atoms with Gasteiger partial charge < -0.3 is 0 Å². The summed E-state index contributed by atoms with van der Waals surface area (Å²) < 4.78 is 1.62. The van der Waals surface area contributed by atoms with Crippen LogP contribution < -0.4 is 5.56 Å². The predicted molar refractivity (Wildman–Crippen MR) is 60.1 cm³/mol. The second kappa shape index (κ2) is 3.77. The molecule has 0 aliphatic rings. The Balaban J connectivity index is 2.29. The normalized spacial score (nSPS) is 10.5. The van der Waals surface area contributed by atoms with E-state index in [9.17, 15) is 4.79 Å². The zero-order valence-corrected chi connectivity index (χ0v) is 8.95. The van der Waals surface area contributed by atoms with Crippen molar-refractivity contribution in [1.82, 2.24) is 9.78 Å². The monoisotopic (exact) mass is 202 g/mol. The Labute approximate surface area is 88.4 Å².